The highest BCUT2D eigenvalue weighted by Gasteiger charge is 2.13. The molecule has 37 heavy (non-hydrogen) atoms. The number of ether oxygens (including phenoxy) is 2. The Hall–Kier alpha value is -3.85. The van der Waals surface area contributed by atoms with Crippen LogP contribution in [0.5, 0.6) is 0 Å². The highest BCUT2D eigenvalue weighted by molar-refractivity contribution is 9.10. The minimum atomic E-state index is -0.475. The summed E-state index contributed by atoms with van der Waals surface area (Å²) in [4.78, 5) is 29.7. The molecule has 0 saturated carbocycles. The fraction of sp³-hybridized carbons (Fsp3) is 0.182. The van der Waals surface area contributed by atoms with Crippen LogP contribution in [0.4, 0.5) is 21.8 Å². The van der Waals surface area contributed by atoms with Gasteiger partial charge in [0.1, 0.15) is 17.5 Å². The first kappa shape index (κ1) is 29.4. The normalized spacial score (nSPS) is 9.81. The van der Waals surface area contributed by atoms with Gasteiger partial charge in [0.15, 0.2) is 11.4 Å². The molecule has 196 valence electrons. The second kappa shape index (κ2) is 14.0. The SMILES string of the molecule is COC(=O)c1cc(N)n(C)n1.COC(=O)c1cc(Nc2cc(Br)ccn2)n(C)n1.Fc1cc(Br)ccn1. The van der Waals surface area contributed by atoms with Crippen molar-refractivity contribution in [2.24, 2.45) is 14.1 Å². The van der Waals surface area contributed by atoms with E-state index in [9.17, 15) is 14.0 Å². The minimum absolute atomic E-state index is 0.229. The van der Waals surface area contributed by atoms with Crippen molar-refractivity contribution in [3.63, 3.8) is 0 Å². The lowest BCUT2D eigenvalue weighted by Gasteiger charge is -2.04. The first-order valence-electron chi connectivity index (χ1n) is 10.2. The molecule has 0 amide bonds. The van der Waals surface area contributed by atoms with E-state index in [1.54, 1.807) is 37.1 Å². The molecule has 0 atom stereocenters. The van der Waals surface area contributed by atoms with Crippen molar-refractivity contribution < 1.29 is 23.5 Å². The number of aryl methyl sites for hydroxylation is 2. The van der Waals surface area contributed by atoms with Gasteiger partial charge >= 0.3 is 11.9 Å². The third-order valence-corrected chi connectivity index (χ3v) is 5.24. The Morgan fingerprint density at radius 3 is 1.89 bits per heavy atom. The van der Waals surface area contributed by atoms with Gasteiger partial charge in [-0.2, -0.15) is 14.6 Å². The summed E-state index contributed by atoms with van der Waals surface area (Å²) in [5, 5.41) is 10.9. The molecule has 0 radical (unpaired) electrons. The average molecular weight is 642 g/mol. The number of rotatable bonds is 4. The van der Waals surface area contributed by atoms with Crippen LogP contribution in [-0.4, -0.2) is 55.7 Å². The lowest BCUT2D eigenvalue weighted by Crippen LogP contribution is -2.03. The summed E-state index contributed by atoms with van der Waals surface area (Å²) in [6.45, 7) is 0. The second-order valence-corrected chi connectivity index (χ2v) is 8.71. The van der Waals surface area contributed by atoms with Crippen LogP contribution in [0.25, 0.3) is 0 Å². The quantitative estimate of drug-likeness (QED) is 0.248. The van der Waals surface area contributed by atoms with Crippen LogP contribution in [-0.2, 0) is 23.6 Å². The van der Waals surface area contributed by atoms with Gasteiger partial charge in [-0.15, -0.1) is 0 Å². The highest BCUT2D eigenvalue weighted by Crippen LogP contribution is 2.18. The van der Waals surface area contributed by atoms with Crippen molar-refractivity contribution in [2.45, 2.75) is 0 Å². The number of hydrogen-bond acceptors (Lipinski definition) is 10. The lowest BCUT2D eigenvalue weighted by atomic mass is 10.4. The molecule has 3 N–H and O–H groups in total. The Kier molecular flexibility index (Phi) is 11.1. The summed E-state index contributed by atoms with van der Waals surface area (Å²) in [5.74, 6) is 0.340. The molecule has 4 aromatic heterocycles. The van der Waals surface area contributed by atoms with E-state index in [4.69, 9.17) is 5.73 Å². The van der Waals surface area contributed by atoms with E-state index in [2.05, 4.69) is 66.8 Å². The van der Waals surface area contributed by atoms with Gasteiger partial charge in [0.05, 0.1) is 14.2 Å². The maximum Gasteiger partial charge on any atom is 0.358 e. The third-order valence-electron chi connectivity index (χ3n) is 4.25. The molecular weight excluding hydrogens is 619 g/mol. The van der Waals surface area contributed by atoms with Gasteiger partial charge in [-0.3, -0.25) is 9.36 Å². The third kappa shape index (κ3) is 9.27. The van der Waals surface area contributed by atoms with Crippen LogP contribution in [0.2, 0.25) is 0 Å². The van der Waals surface area contributed by atoms with Crippen LogP contribution in [0.15, 0.2) is 57.7 Å². The van der Waals surface area contributed by atoms with Crippen molar-refractivity contribution in [3.8, 4) is 0 Å². The second-order valence-electron chi connectivity index (χ2n) is 6.88. The van der Waals surface area contributed by atoms with E-state index >= 15 is 0 Å². The van der Waals surface area contributed by atoms with Gasteiger partial charge in [-0.05, 0) is 18.2 Å². The Balaban J connectivity index is 0.000000215. The smallest absolute Gasteiger partial charge is 0.358 e. The summed E-state index contributed by atoms with van der Waals surface area (Å²) < 4.78 is 25.7. The van der Waals surface area contributed by atoms with E-state index in [1.165, 1.54) is 37.2 Å². The van der Waals surface area contributed by atoms with Crippen LogP contribution in [0.1, 0.15) is 21.0 Å². The molecule has 0 spiro atoms. The van der Waals surface area contributed by atoms with Crippen LogP contribution >= 0.6 is 31.9 Å². The Morgan fingerprint density at radius 1 is 0.892 bits per heavy atom. The Labute approximate surface area is 228 Å². The molecule has 0 fully saturated rings. The van der Waals surface area contributed by atoms with E-state index in [0.717, 1.165) is 4.47 Å². The summed E-state index contributed by atoms with van der Waals surface area (Å²) >= 11 is 6.44. The summed E-state index contributed by atoms with van der Waals surface area (Å²) in [5.41, 5.74) is 5.90. The molecule has 0 bridgehead atoms. The highest BCUT2D eigenvalue weighted by atomic mass is 79.9. The molecule has 0 aliphatic rings. The number of anilines is 3. The van der Waals surface area contributed by atoms with Crippen LogP contribution < -0.4 is 11.1 Å². The molecule has 0 saturated heterocycles. The van der Waals surface area contributed by atoms with E-state index in [-0.39, 0.29) is 11.4 Å². The van der Waals surface area contributed by atoms with Gasteiger partial charge in [0, 0.05) is 53.6 Å². The van der Waals surface area contributed by atoms with E-state index in [1.807, 2.05) is 12.1 Å². The molecule has 4 heterocycles. The molecule has 0 aliphatic heterocycles. The number of carbonyl (C=O) groups excluding carboxylic acids is 2. The molecule has 4 rings (SSSR count). The number of nitrogen functional groups attached to an aromatic ring is 1. The number of pyridine rings is 2. The van der Waals surface area contributed by atoms with E-state index in [0.29, 0.717) is 21.9 Å². The van der Waals surface area contributed by atoms with Crippen molar-refractivity contribution in [3.05, 3.63) is 75.1 Å². The molecule has 0 unspecified atom stereocenters. The number of carbonyl (C=O) groups is 2. The zero-order valence-electron chi connectivity index (χ0n) is 20.1. The Morgan fingerprint density at radius 2 is 1.43 bits per heavy atom. The van der Waals surface area contributed by atoms with Crippen molar-refractivity contribution in [2.75, 3.05) is 25.3 Å². The van der Waals surface area contributed by atoms with Crippen LogP contribution in [0.3, 0.4) is 0 Å². The fourth-order valence-electron chi connectivity index (χ4n) is 2.46. The molecule has 0 aliphatic carbocycles. The fourth-order valence-corrected chi connectivity index (χ4v) is 3.10. The largest absolute Gasteiger partial charge is 0.464 e. The number of nitrogens with zero attached hydrogens (tertiary/aromatic N) is 6. The Bertz CT molecular complexity index is 1330. The monoisotopic (exact) mass is 640 g/mol. The zero-order valence-corrected chi connectivity index (χ0v) is 23.3. The van der Waals surface area contributed by atoms with Crippen molar-refractivity contribution in [1.82, 2.24) is 29.5 Å². The van der Waals surface area contributed by atoms with Crippen molar-refractivity contribution >= 4 is 61.3 Å². The van der Waals surface area contributed by atoms with Gasteiger partial charge < -0.3 is 20.5 Å². The summed E-state index contributed by atoms with van der Waals surface area (Å²) in [6, 6.07) is 9.70. The zero-order chi connectivity index (χ0) is 27.5. The number of nitrogens with two attached hydrogens (primary N) is 1. The maximum atomic E-state index is 12.0. The van der Waals surface area contributed by atoms with Gasteiger partial charge in [0.25, 0.3) is 0 Å². The molecule has 4 aromatic rings. The number of halogens is 3. The molecule has 15 heteroatoms. The molecule has 0 aromatic carbocycles. The topological polar surface area (TPSA) is 152 Å². The number of nitrogens with one attached hydrogen (secondary N) is 1. The summed E-state index contributed by atoms with van der Waals surface area (Å²) in [7, 11) is 6.00. The van der Waals surface area contributed by atoms with Crippen molar-refractivity contribution in [1.29, 1.82) is 0 Å². The average Bonchev–Trinajstić information content (AvgIpc) is 3.40. The predicted octanol–water partition coefficient (Wildman–Crippen LogP) is 3.88. The minimum Gasteiger partial charge on any atom is -0.464 e. The van der Waals surface area contributed by atoms with Crippen LogP contribution in [0, 0.1) is 5.95 Å². The first-order chi connectivity index (χ1) is 17.5. The van der Waals surface area contributed by atoms with Gasteiger partial charge in [-0.25, -0.2) is 19.6 Å². The lowest BCUT2D eigenvalue weighted by molar-refractivity contribution is 0.0584. The number of hydrogen-bond donors (Lipinski definition) is 2. The van der Waals surface area contributed by atoms with E-state index < -0.39 is 17.9 Å². The molecular formula is C22H23Br2FN8O4. The number of aromatic nitrogens is 6. The standard InChI is InChI=1S/C11H11BrN4O2.C6H9N3O2.C5H3BrFN/c1-16-10(6-8(15-16)11(17)18-2)14-9-5-7(12)3-4-13-9;1-9-5(7)3-4(8-9)6(10)11-2;6-4-1-2-8-5(7)3-4/h3-6H,1-2H3,(H,13,14);3H,7H2,1-2H3;1-3H. The molecule has 12 nitrogen and oxygen atoms in total. The number of esters is 2. The summed E-state index contributed by atoms with van der Waals surface area (Å²) in [6.07, 6.45) is 3.07. The number of methoxy groups -OCH3 is 2. The first-order valence-corrected chi connectivity index (χ1v) is 11.8. The van der Waals surface area contributed by atoms with Gasteiger partial charge in [-0.1, -0.05) is 31.9 Å². The predicted molar refractivity (Wildman–Crippen MR) is 141 cm³/mol. The maximum absolute atomic E-state index is 12.0. The van der Waals surface area contributed by atoms with Gasteiger partial charge in [0.2, 0.25) is 5.95 Å².